The van der Waals surface area contributed by atoms with E-state index in [2.05, 4.69) is 22.8 Å². The Labute approximate surface area is 206 Å². The van der Waals surface area contributed by atoms with E-state index in [0.29, 0.717) is 0 Å². The third kappa shape index (κ3) is 5.65. The Hall–Kier alpha value is -3.39. The van der Waals surface area contributed by atoms with Gasteiger partial charge in [0.15, 0.2) is 0 Å². The van der Waals surface area contributed by atoms with Gasteiger partial charge < -0.3 is 25.2 Å². The van der Waals surface area contributed by atoms with Crippen LogP contribution in [0.1, 0.15) is 44.7 Å². The second kappa shape index (κ2) is 10.9. The van der Waals surface area contributed by atoms with E-state index in [-0.39, 0.29) is 25.0 Å². The number of ether oxygens (including phenoxy) is 2. The minimum atomic E-state index is -1.45. The molecule has 3 N–H and O–H groups in total. The van der Waals surface area contributed by atoms with Crippen LogP contribution < -0.4 is 10.6 Å². The van der Waals surface area contributed by atoms with Crippen LogP contribution in [0.25, 0.3) is 11.1 Å². The van der Waals surface area contributed by atoms with Gasteiger partial charge in [-0.15, -0.1) is 0 Å². The predicted molar refractivity (Wildman–Crippen MR) is 132 cm³/mol. The quantitative estimate of drug-likeness (QED) is 0.475. The molecule has 0 saturated carbocycles. The second-order valence-electron chi connectivity index (χ2n) is 9.59. The maximum Gasteiger partial charge on any atom is 0.408 e. The molecular weight excluding hydrogens is 448 g/mol. The number of carboxylic acid groups (broad SMARTS) is 1. The van der Waals surface area contributed by atoms with Crippen molar-refractivity contribution >= 4 is 18.0 Å². The number of nitrogens with one attached hydrogen (secondary N) is 2. The average molecular weight is 483 g/mol. The molecule has 0 heterocycles. The van der Waals surface area contributed by atoms with Gasteiger partial charge in [-0.1, -0.05) is 62.4 Å². The van der Waals surface area contributed by atoms with Crippen molar-refractivity contribution in [2.75, 3.05) is 20.3 Å². The van der Waals surface area contributed by atoms with E-state index in [0.717, 1.165) is 22.3 Å². The summed E-state index contributed by atoms with van der Waals surface area (Å²) in [6.45, 7) is 6.71. The summed E-state index contributed by atoms with van der Waals surface area (Å²) in [6.07, 6.45) is -0.757. The lowest BCUT2D eigenvalue weighted by Crippen LogP contribution is -2.62. The number of carboxylic acids is 1. The largest absolute Gasteiger partial charge is 0.481 e. The number of amides is 2. The first-order valence-corrected chi connectivity index (χ1v) is 11.7. The molecule has 0 fully saturated rings. The zero-order valence-corrected chi connectivity index (χ0v) is 20.8. The maximum atomic E-state index is 13.1. The topological polar surface area (TPSA) is 114 Å². The zero-order chi connectivity index (χ0) is 25.8. The first-order chi connectivity index (χ1) is 16.6. The lowest BCUT2D eigenvalue weighted by atomic mass is 9.88. The first kappa shape index (κ1) is 26.2. The highest BCUT2D eigenvalue weighted by atomic mass is 16.5. The van der Waals surface area contributed by atoms with Crippen LogP contribution in [-0.2, 0) is 19.1 Å². The highest BCUT2D eigenvalue weighted by Gasteiger charge is 2.39. The Bertz CT molecular complexity index is 1040. The second-order valence-corrected chi connectivity index (χ2v) is 9.59. The van der Waals surface area contributed by atoms with E-state index in [1.54, 1.807) is 20.8 Å². The van der Waals surface area contributed by atoms with Gasteiger partial charge in [0.1, 0.15) is 12.1 Å². The van der Waals surface area contributed by atoms with Gasteiger partial charge >= 0.3 is 12.1 Å². The lowest BCUT2D eigenvalue weighted by molar-refractivity contribution is -0.145. The van der Waals surface area contributed by atoms with Crippen molar-refractivity contribution in [2.24, 2.45) is 11.8 Å². The minimum Gasteiger partial charge on any atom is -0.481 e. The molecule has 8 nitrogen and oxygen atoms in total. The molecule has 1 aliphatic rings. The van der Waals surface area contributed by atoms with Gasteiger partial charge in [0, 0.05) is 19.1 Å². The van der Waals surface area contributed by atoms with Crippen LogP contribution in [-0.4, -0.2) is 55.0 Å². The highest BCUT2D eigenvalue weighted by molar-refractivity contribution is 5.90. The predicted octanol–water partition coefficient (Wildman–Crippen LogP) is 3.79. The van der Waals surface area contributed by atoms with Gasteiger partial charge in [0.05, 0.1) is 12.5 Å². The fourth-order valence-corrected chi connectivity index (χ4v) is 4.84. The molecule has 0 saturated heterocycles. The lowest BCUT2D eigenvalue weighted by Gasteiger charge is -2.32. The van der Waals surface area contributed by atoms with Gasteiger partial charge in [-0.2, -0.15) is 0 Å². The zero-order valence-electron chi connectivity index (χ0n) is 20.8. The van der Waals surface area contributed by atoms with Crippen LogP contribution in [0.15, 0.2) is 48.5 Å². The summed E-state index contributed by atoms with van der Waals surface area (Å²) < 4.78 is 10.8. The van der Waals surface area contributed by atoms with Crippen LogP contribution in [0.3, 0.4) is 0 Å². The van der Waals surface area contributed by atoms with E-state index in [1.807, 2.05) is 36.4 Å². The molecule has 3 rings (SSSR count). The summed E-state index contributed by atoms with van der Waals surface area (Å²) in [6, 6.07) is 15.4. The Morgan fingerprint density at radius 1 is 1.00 bits per heavy atom. The number of alkyl carbamates (subject to hydrolysis) is 1. The van der Waals surface area contributed by atoms with Crippen molar-refractivity contribution < 1.29 is 29.0 Å². The van der Waals surface area contributed by atoms with Crippen LogP contribution in [0.4, 0.5) is 4.79 Å². The highest BCUT2D eigenvalue weighted by Crippen LogP contribution is 2.44. The SMILES string of the molecule is COCC(C)(NC(=O)OCC1c2ccccc2-c2ccccc21)C(=O)NC(C)C(C(=O)O)C(C)C. The number of hydrogen-bond acceptors (Lipinski definition) is 5. The monoisotopic (exact) mass is 482 g/mol. The Morgan fingerprint density at radius 2 is 1.54 bits per heavy atom. The van der Waals surface area contributed by atoms with Gasteiger partial charge in [-0.25, -0.2) is 4.79 Å². The molecule has 3 atom stereocenters. The van der Waals surface area contributed by atoms with Crippen molar-refractivity contribution in [1.82, 2.24) is 10.6 Å². The van der Waals surface area contributed by atoms with Crippen LogP contribution in [0, 0.1) is 11.8 Å². The smallest absolute Gasteiger partial charge is 0.408 e. The van der Waals surface area contributed by atoms with Crippen molar-refractivity contribution in [3.63, 3.8) is 0 Å². The number of carbonyl (C=O) groups excluding carboxylic acids is 2. The Kier molecular flexibility index (Phi) is 8.17. The van der Waals surface area contributed by atoms with Crippen molar-refractivity contribution in [1.29, 1.82) is 0 Å². The molecular formula is C27H34N2O6. The molecule has 188 valence electrons. The third-order valence-corrected chi connectivity index (χ3v) is 6.56. The van der Waals surface area contributed by atoms with Crippen LogP contribution in [0.2, 0.25) is 0 Å². The van der Waals surface area contributed by atoms with E-state index in [1.165, 1.54) is 14.0 Å². The molecule has 0 bridgehead atoms. The van der Waals surface area contributed by atoms with E-state index < -0.39 is 35.5 Å². The number of benzene rings is 2. The van der Waals surface area contributed by atoms with E-state index in [9.17, 15) is 19.5 Å². The van der Waals surface area contributed by atoms with Crippen molar-refractivity contribution in [2.45, 2.75) is 45.2 Å². The van der Waals surface area contributed by atoms with E-state index >= 15 is 0 Å². The summed E-state index contributed by atoms with van der Waals surface area (Å²) in [4.78, 5) is 37.5. The molecule has 0 aromatic heterocycles. The molecule has 35 heavy (non-hydrogen) atoms. The maximum absolute atomic E-state index is 13.1. The molecule has 0 aliphatic heterocycles. The van der Waals surface area contributed by atoms with Gasteiger partial charge in [0.25, 0.3) is 0 Å². The Morgan fingerprint density at radius 3 is 2.03 bits per heavy atom. The molecule has 0 spiro atoms. The number of aliphatic carboxylic acids is 1. The van der Waals surface area contributed by atoms with E-state index in [4.69, 9.17) is 9.47 Å². The third-order valence-electron chi connectivity index (χ3n) is 6.56. The molecule has 0 radical (unpaired) electrons. The Balaban J connectivity index is 1.69. The first-order valence-electron chi connectivity index (χ1n) is 11.7. The summed E-state index contributed by atoms with van der Waals surface area (Å²) in [5, 5.41) is 14.9. The number of hydrogen-bond donors (Lipinski definition) is 3. The van der Waals surface area contributed by atoms with Gasteiger partial charge in [-0.05, 0) is 42.0 Å². The normalized spacial score (nSPS) is 15.9. The number of carbonyl (C=O) groups is 3. The molecule has 3 unspecified atom stereocenters. The number of rotatable bonds is 10. The van der Waals surface area contributed by atoms with Gasteiger partial charge in [-0.3, -0.25) is 9.59 Å². The van der Waals surface area contributed by atoms with Gasteiger partial charge in [0.2, 0.25) is 5.91 Å². The van der Waals surface area contributed by atoms with Crippen LogP contribution >= 0.6 is 0 Å². The molecule has 8 heteroatoms. The average Bonchev–Trinajstić information content (AvgIpc) is 3.11. The van der Waals surface area contributed by atoms with Crippen LogP contribution in [0.5, 0.6) is 0 Å². The fourth-order valence-electron chi connectivity index (χ4n) is 4.84. The fraction of sp³-hybridized carbons (Fsp3) is 0.444. The minimum absolute atomic E-state index is 0.107. The van der Waals surface area contributed by atoms with Crippen molar-refractivity contribution in [3.05, 3.63) is 59.7 Å². The molecule has 2 aromatic carbocycles. The molecule has 2 amide bonds. The summed E-state index contributed by atoms with van der Waals surface area (Å²) in [5.74, 6) is -2.62. The standard InChI is InChI=1S/C27H34N2O6/c1-16(2)23(24(30)31)17(3)28-25(32)27(4,15-34-5)29-26(33)35-14-22-20-12-8-6-10-18(20)19-11-7-9-13-21(19)22/h6-13,16-17,22-23H,14-15H2,1-5H3,(H,28,32)(H,29,33)(H,30,31). The number of methoxy groups -OCH3 is 1. The molecule has 1 aliphatic carbocycles. The molecule has 2 aromatic rings. The summed E-state index contributed by atoms with van der Waals surface area (Å²) in [7, 11) is 1.42. The summed E-state index contributed by atoms with van der Waals surface area (Å²) in [5.41, 5.74) is 2.95. The summed E-state index contributed by atoms with van der Waals surface area (Å²) >= 11 is 0. The number of fused-ring (bicyclic) bond motifs is 3. The van der Waals surface area contributed by atoms with Crippen molar-refractivity contribution in [3.8, 4) is 11.1 Å².